The third kappa shape index (κ3) is 2.58. The molecule has 4 rings (SSSR count). The fraction of sp³-hybridized carbons (Fsp3) is 0.812. The van der Waals surface area contributed by atoms with Crippen molar-refractivity contribution in [1.82, 2.24) is 19.7 Å². The molecule has 1 aliphatic carbocycles. The first kappa shape index (κ1) is 13.3. The van der Waals surface area contributed by atoms with Gasteiger partial charge in [0, 0.05) is 37.9 Å². The largest absolute Gasteiger partial charge is 0.342 e. The first-order chi connectivity index (χ1) is 10.3. The second kappa shape index (κ2) is 5.43. The smallest absolute Gasteiger partial charge is 0.225 e. The molecule has 0 aromatic carbocycles. The molecule has 5 heteroatoms. The molecule has 0 spiro atoms. The number of piperidine rings is 1. The Kier molecular flexibility index (Phi) is 3.43. The van der Waals surface area contributed by atoms with Gasteiger partial charge >= 0.3 is 0 Å². The Bertz CT molecular complexity index is 534. The molecule has 1 saturated heterocycles. The van der Waals surface area contributed by atoms with Gasteiger partial charge in [-0.2, -0.15) is 0 Å². The van der Waals surface area contributed by atoms with Crippen LogP contribution in [-0.4, -0.2) is 38.7 Å². The molecule has 1 aromatic heterocycles. The summed E-state index contributed by atoms with van der Waals surface area (Å²) in [6.45, 7) is 2.85. The lowest BCUT2D eigenvalue weighted by Crippen LogP contribution is -2.40. The highest BCUT2D eigenvalue weighted by atomic mass is 16.2. The SMILES string of the molecule is O=C(C1CC1)N1CCCC(c2nnc3n2CCCCC3)C1. The maximum atomic E-state index is 12.3. The number of carbonyl (C=O) groups excluding carboxylic acids is 1. The van der Waals surface area contributed by atoms with E-state index in [4.69, 9.17) is 0 Å². The monoisotopic (exact) mass is 288 g/mol. The van der Waals surface area contributed by atoms with E-state index in [1.54, 1.807) is 0 Å². The summed E-state index contributed by atoms with van der Waals surface area (Å²) in [5, 5.41) is 8.91. The molecule has 2 fully saturated rings. The van der Waals surface area contributed by atoms with Gasteiger partial charge in [0.1, 0.15) is 11.6 Å². The summed E-state index contributed by atoms with van der Waals surface area (Å²) in [5.41, 5.74) is 0. The van der Waals surface area contributed by atoms with E-state index in [0.29, 0.717) is 17.7 Å². The molecule has 1 atom stereocenters. The lowest BCUT2D eigenvalue weighted by molar-refractivity contribution is -0.133. The summed E-state index contributed by atoms with van der Waals surface area (Å²) < 4.78 is 2.35. The van der Waals surface area contributed by atoms with Gasteiger partial charge in [-0.15, -0.1) is 10.2 Å². The van der Waals surface area contributed by atoms with Gasteiger partial charge in [0.25, 0.3) is 0 Å². The number of fused-ring (bicyclic) bond motifs is 1. The lowest BCUT2D eigenvalue weighted by Gasteiger charge is -2.32. The predicted octanol–water partition coefficient (Wildman–Crippen LogP) is 2.12. The van der Waals surface area contributed by atoms with Crippen LogP contribution < -0.4 is 0 Å². The zero-order valence-corrected chi connectivity index (χ0v) is 12.6. The number of likely N-dealkylation sites (tertiary alicyclic amines) is 1. The Morgan fingerprint density at radius 2 is 1.90 bits per heavy atom. The van der Waals surface area contributed by atoms with Crippen molar-refractivity contribution < 1.29 is 4.79 Å². The molecule has 1 aromatic rings. The highest BCUT2D eigenvalue weighted by Gasteiger charge is 2.36. The Morgan fingerprint density at radius 1 is 1.00 bits per heavy atom. The third-order valence-corrected chi connectivity index (χ3v) is 5.16. The molecule has 0 radical (unpaired) electrons. The summed E-state index contributed by atoms with van der Waals surface area (Å²) in [5.74, 6) is 3.41. The van der Waals surface area contributed by atoms with Crippen molar-refractivity contribution in [3.63, 3.8) is 0 Å². The van der Waals surface area contributed by atoms with Gasteiger partial charge in [-0.1, -0.05) is 6.42 Å². The van der Waals surface area contributed by atoms with Crippen molar-refractivity contribution in [3.05, 3.63) is 11.6 Å². The number of hydrogen-bond acceptors (Lipinski definition) is 3. The van der Waals surface area contributed by atoms with Gasteiger partial charge in [0.2, 0.25) is 5.91 Å². The van der Waals surface area contributed by atoms with Crippen LogP contribution in [-0.2, 0) is 17.8 Å². The van der Waals surface area contributed by atoms with E-state index < -0.39 is 0 Å². The molecule has 0 bridgehead atoms. The van der Waals surface area contributed by atoms with Crippen molar-refractivity contribution >= 4 is 5.91 Å². The van der Waals surface area contributed by atoms with Crippen molar-refractivity contribution in [2.24, 2.45) is 5.92 Å². The molecule has 3 aliphatic rings. The molecule has 2 aliphatic heterocycles. The number of carbonyl (C=O) groups is 1. The van der Waals surface area contributed by atoms with Crippen molar-refractivity contribution in [3.8, 4) is 0 Å². The molecule has 1 amide bonds. The molecule has 114 valence electrons. The lowest BCUT2D eigenvalue weighted by atomic mass is 9.96. The van der Waals surface area contributed by atoms with Gasteiger partial charge in [-0.05, 0) is 38.5 Å². The summed E-state index contributed by atoms with van der Waals surface area (Å²) in [4.78, 5) is 14.4. The minimum absolute atomic E-state index is 0.333. The maximum Gasteiger partial charge on any atom is 0.225 e. The maximum absolute atomic E-state index is 12.3. The van der Waals surface area contributed by atoms with Crippen molar-refractivity contribution in [2.45, 2.75) is 63.8 Å². The third-order valence-electron chi connectivity index (χ3n) is 5.16. The number of nitrogens with zero attached hydrogens (tertiary/aromatic N) is 4. The quantitative estimate of drug-likeness (QED) is 0.837. The topological polar surface area (TPSA) is 51.0 Å². The van der Waals surface area contributed by atoms with E-state index in [1.807, 2.05) is 0 Å². The second-order valence-corrected chi connectivity index (χ2v) is 6.83. The summed E-state index contributed by atoms with van der Waals surface area (Å²) in [6, 6.07) is 0. The van der Waals surface area contributed by atoms with Crippen LogP contribution in [0.25, 0.3) is 0 Å². The van der Waals surface area contributed by atoms with E-state index in [2.05, 4.69) is 19.7 Å². The van der Waals surface area contributed by atoms with Gasteiger partial charge < -0.3 is 9.47 Å². The molecule has 5 nitrogen and oxygen atoms in total. The van der Waals surface area contributed by atoms with Crippen LogP contribution >= 0.6 is 0 Å². The molecular formula is C16H24N4O. The van der Waals surface area contributed by atoms with Crippen LogP contribution in [0.15, 0.2) is 0 Å². The van der Waals surface area contributed by atoms with Crippen molar-refractivity contribution in [1.29, 1.82) is 0 Å². The first-order valence-electron chi connectivity index (χ1n) is 8.53. The van der Waals surface area contributed by atoms with E-state index in [-0.39, 0.29) is 0 Å². The van der Waals surface area contributed by atoms with Crippen LogP contribution in [0.3, 0.4) is 0 Å². The number of rotatable bonds is 2. The Balaban J connectivity index is 1.52. The average molecular weight is 288 g/mol. The number of aromatic nitrogens is 3. The van der Waals surface area contributed by atoms with Gasteiger partial charge in [-0.25, -0.2) is 0 Å². The Hall–Kier alpha value is -1.39. The summed E-state index contributed by atoms with van der Waals surface area (Å²) >= 11 is 0. The van der Waals surface area contributed by atoms with Gasteiger partial charge in [0.15, 0.2) is 0 Å². The highest BCUT2D eigenvalue weighted by Crippen LogP contribution is 2.34. The van der Waals surface area contributed by atoms with Crippen LogP contribution in [0.2, 0.25) is 0 Å². The zero-order valence-electron chi connectivity index (χ0n) is 12.6. The molecular weight excluding hydrogens is 264 g/mol. The summed E-state index contributed by atoms with van der Waals surface area (Å²) in [7, 11) is 0. The standard InChI is InChI=1S/C16H24N4O/c21-16(12-7-8-12)19-9-4-5-13(11-19)15-18-17-14-6-2-1-3-10-20(14)15/h12-13H,1-11H2. The molecule has 21 heavy (non-hydrogen) atoms. The van der Waals surface area contributed by atoms with Gasteiger partial charge in [-0.3, -0.25) is 4.79 Å². The van der Waals surface area contributed by atoms with Crippen LogP contribution in [0.4, 0.5) is 0 Å². The van der Waals surface area contributed by atoms with E-state index in [0.717, 1.165) is 63.4 Å². The van der Waals surface area contributed by atoms with E-state index in [9.17, 15) is 4.79 Å². The Morgan fingerprint density at radius 3 is 2.76 bits per heavy atom. The normalized spacial score (nSPS) is 26.3. The molecule has 1 saturated carbocycles. The number of hydrogen-bond donors (Lipinski definition) is 0. The fourth-order valence-electron chi connectivity index (χ4n) is 3.79. The minimum Gasteiger partial charge on any atom is -0.342 e. The van der Waals surface area contributed by atoms with E-state index >= 15 is 0 Å². The molecule has 1 unspecified atom stereocenters. The van der Waals surface area contributed by atoms with Gasteiger partial charge in [0.05, 0.1) is 0 Å². The highest BCUT2D eigenvalue weighted by molar-refractivity contribution is 5.81. The summed E-state index contributed by atoms with van der Waals surface area (Å²) in [6.07, 6.45) is 9.26. The zero-order chi connectivity index (χ0) is 14.2. The number of aryl methyl sites for hydroxylation is 1. The first-order valence-corrected chi connectivity index (χ1v) is 8.53. The van der Waals surface area contributed by atoms with Crippen molar-refractivity contribution in [2.75, 3.05) is 13.1 Å². The Labute approximate surface area is 125 Å². The fourth-order valence-corrected chi connectivity index (χ4v) is 3.79. The van der Waals surface area contributed by atoms with Crippen LogP contribution in [0.5, 0.6) is 0 Å². The number of amides is 1. The average Bonchev–Trinajstić information content (AvgIpc) is 3.32. The second-order valence-electron chi connectivity index (χ2n) is 6.83. The predicted molar refractivity (Wildman–Crippen MR) is 78.9 cm³/mol. The minimum atomic E-state index is 0.333. The van der Waals surface area contributed by atoms with Crippen LogP contribution in [0.1, 0.15) is 62.5 Å². The molecule has 0 N–H and O–H groups in total. The van der Waals surface area contributed by atoms with E-state index in [1.165, 1.54) is 19.3 Å². The van der Waals surface area contributed by atoms with Crippen LogP contribution in [0, 0.1) is 5.92 Å². The molecule has 3 heterocycles.